The SMILES string of the molecule is COc1cc([N+](=O)[O-])ccc1NC(=O)CNC(=O)c1ccc(C(C)(C)C)cc1. The molecule has 0 saturated carbocycles. The van der Waals surface area contributed by atoms with Crippen LogP contribution in [0.15, 0.2) is 42.5 Å². The van der Waals surface area contributed by atoms with E-state index in [0.29, 0.717) is 5.56 Å². The maximum absolute atomic E-state index is 12.2. The number of carbonyl (C=O) groups is 2. The minimum Gasteiger partial charge on any atom is -0.494 e. The Balaban J connectivity index is 1.97. The Morgan fingerprint density at radius 2 is 1.75 bits per heavy atom. The summed E-state index contributed by atoms with van der Waals surface area (Å²) in [4.78, 5) is 34.6. The van der Waals surface area contributed by atoms with Crippen molar-refractivity contribution in [2.45, 2.75) is 26.2 Å². The number of hydrogen-bond donors (Lipinski definition) is 2. The Kier molecular flexibility index (Phi) is 6.35. The highest BCUT2D eigenvalue weighted by molar-refractivity contribution is 5.99. The third-order valence-electron chi connectivity index (χ3n) is 4.09. The molecule has 0 aliphatic carbocycles. The third-order valence-corrected chi connectivity index (χ3v) is 4.09. The van der Waals surface area contributed by atoms with Gasteiger partial charge in [-0.3, -0.25) is 19.7 Å². The van der Waals surface area contributed by atoms with Crippen molar-refractivity contribution in [2.24, 2.45) is 0 Å². The molecule has 2 amide bonds. The fraction of sp³-hybridized carbons (Fsp3) is 0.300. The maximum Gasteiger partial charge on any atom is 0.273 e. The number of methoxy groups -OCH3 is 1. The number of ether oxygens (including phenoxy) is 1. The van der Waals surface area contributed by atoms with Crippen LogP contribution in [-0.2, 0) is 10.2 Å². The van der Waals surface area contributed by atoms with Gasteiger partial charge in [-0.2, -0.15) is 0 Å². The Bertz CT molecular complexity index is 886. The zero-order chi connectivity index (χ0) is 20.9. The van der Waals surface area contributed by atoms with E-state index < -0.39 is 10.8 Å². The smallest absolute Gasteiger partial charge is 0.273 e. The number of nitro benzene ring substituents is 1. The molecule has 0 aromatic heterocycles. The van der Waals surface area contributed by atoms with Crippen LogP contribution in [0.25, 0.3) is 0 Å². The molecule has 0 radical (unpaired) electrons. The van der Waals surface area contributed by atoms with Crippen molar-refractivity contribution in [1.82, 2.24) is 5.32 Å². The predicted octanol–water partition coefficient (Wildman–Crippen LogP) is 3.27. The molecule has 8 nitrogen and oxygen atoms in total. The van der Waals surface area contributed by atoms with E-state index in [1.165, 1.54) is 25.3 Å². The minimum absolute atomic E-state index is 0.0152. The van der Waals surface area contributed by atoms with E-state index in [1.54, 1.807) is 12.1 Å². The average molecular weight is 385 g/mol. The molecule has 2 aromatic rings. The second kappa shape index (κ2) is 8.51. The quantitative estimate of drug-likeness (QED) is 0.586. The summed E-state index contributed by atoms with van der Waals surface area (Å²) < 4.78 is 5.06. The molecule has 28 heavy (non-hydrogen) atoms. The van der Waals surface area contributed by atoms with Gasteiger partial charge in [-0.15, -0.1) is 0 Å². The number of carbonyl (C=O) groups excluding carboxylic acids is 2. The first-order valence-electron chi connectivity index (χ1n) is 8.63. The molecule has 0 bridgehead atoms. The van der Waals surface area contributed by atoms with Gasteiger partial charge < -0.3 is 15.4 Å². The van der Waals surface area contributed by atoms with Crippen molar-refractivity contribution in [3.05, 3.63) is 63.7 Å². The summed E-state index contributed by atoms with van der Waals surface area (Å²) in [6.07, 6.45) is 0. The summed E-state index contributed by atoms with van der Waals surface area (Å²) in [5.74, 6) is -0.690. The van der Waals surface area contributed by atoms with Gasteiger partial charge in [0.25, 0.3) is 11.6 Å². The number of nitrogens with zero attached hydrogens (tertiary/aromatic N) is 1. The van der Waals surface area contributed by atoms with Gasteiger partial charge in [0.2, 0.25) is 5.91 Å². The van der Waals surface area contributed by atoms with Gasteiger partial charge in [-0.1, -0.05) is 32.9 Å². The van der Waals surface area contributed by atoms with Crippen LogP contribution in [0.2, 0.25) is 0 Å². The van der Waals surface area contributed by atoms with E-state index in [2.05, 4.69) is 31.4 Å². The fourth-order valence-electron chi connectivity index (χ4n) is 2.48. The van der Waals surface area contributed by atoms with Gasteiger partial charge in [0.05, 0.1) is 30.3 Å². The van der Waals surface area contributed by atoms with Crippen molar-refractivity contribution < 1.29 is 19.2 Å². The van der Waals surface area contributed by atoms with E-state index in [9.17, 15) is 19.7 Å². The zero-order valence-electron chi connectivity index (χ0n) is 16.2. The average Bonchev–Trinajstić information content (AvgIpc) is 2.65. The molecule has 0 fully saturated rings. The van der Waals surface area contributed by atoms with Crippen molar-refractivity contribution >= 4 is 23.2 Å². The molecular weight excluding hydrogens is 362 g/mol. The zero-order valence-corrected chi connectivity index (χ0v) is 16.2. The predicted molar refractivity (Wildman–Crippen MR) is 106 cm³/mol. The number of benzene rings is 2. The number of hydrogen-bond acceptors (Lipinski definition) is 5. The first kappa shape index (κ1) is 20.9. The van der Waals surface area contributed by atoms with Crippen LogP contribution in [0, 0.1) is 10.1 Å². The molecule has 0 saturated heterocycles. The molecule has 2 N–H and O–H groups in total. The lowest BCUT2D eigenvalue weighted by atomic mass is 9.87. The topological polar surface area (TPSA) is 111 Å². The molecule has 0 heterocycles. The van der Waals surface area contributed by atoms with Crippen molar-refractivity contribution in [1.29, 1.82) is 0 Å². The number of amides is 2. The lowest BCUT2D eigenvalue weighted by Gasteiger charge is -2.19. The van der Waals surface area contributed by atoms with Crippen LogP contribution < -0.4 is 15.4 Å². The second-order valence-electron chi connectivity index (χ2n) is 7.20. The summed E-state index contributed by atoms with van der Waals surface area (Å²) in [5.41, 5.74) is 1.67. The second-order valence-corrected chi connectivity index (χ2v) is 7.20. The molecule has 2 aromatic carbocycles. The van der Waals surface area contributed by atoms with Crippen LogP contribution in [0.4, 0.5) is 11.4 Å². The molecule has 148 valence electrons. The molecular formula is C20H23N3O5. The van der Waals surface area contributed by atoms with Crippen LogP contribution in [-0.4, -0.2) is 30.4 Å². The summed E-state index contributed by atoms with van der Waals surface area (Å²) in [7, 11) is 1.34. The highest BCUT2D eigenvalue weighted by atomic mass is 16.6. The van der Waals surface area contributed by atoms with Crippen LogP contribution in [0.5, 0.6) is 5.75 Å². The number of nitro groups is 1. The largest absolute Gasteiger partial charge is 0.494 e. The summed E-state index contributed by atoms with van der Waals surface area (Å²) >= 11 is 0. The monoisotopic (exact) mass is 385 g/mol. The lowest BCUT2D eigenvalue weighted by Crippen LogP contribution is -2.33. The first-order valence-corrected chi connectivity index (χ1v) is 8.63. The van der Waals surface area contributed by atoms with Gasteiger partial charge in [0, 0.05) is 11.6 Å². The fourth-order valence-corrected chi connectivity index (χ4v) is 2.48. The summed E-state index contributed by atoms with van der Waals surface area (Å²) in [6.45, 7) is 6.00. The lowest BCUT2D eigenvalue weighted by molar-refractivity contribution is -0.384. The maximum atomic E-state index is 12.2. The van der Waals surface area contributed by atoms with Gasteiger partial charge in [0.15, 0.2) is 0 Å². The van der Waals surface area contributed by atoms with E-state index in [4.69, 9.17) is 4.74 Å². The van der Waals surface area contributed by atoms with Crippen molar-refractivity contribution in [2.75, 3.05) is 19.0 Å². The highest BCUT2D eigenvalue weighted by Crippen LogP contribution is 2.28. The van der Waals surface area contributed by atoms with Gasteiger partial charge >= 0.3 is 0 Å². The normalized spacial score (nSPS) is 10.9. The molecule has 0 aliphatic rings. The number of anilines is 1. The Morgan fingerprint density at radius 1 is 1.11 bits per heavy atom. The summed E-state index contributed by atoms with van der Waals surface area (Å²) in [6, 6.07) is 11.0. The van der Waals surface area contributed by atoms with Crippen molar-refractivity contribution in [3.63, 3.8) is 0 Å². The van der Waals surface area contributed by atoms with Gasteiger partial charge in [-0.05, 0) is 29.2 Å². The standard InChI is InChI=1S/C20H23N3O5/c1-20(2,3)14-7-5-13(6-8-14)19(25)21-12-18(24)22-16-10-9-15(23(26)27)11-17(16)28-4/h5-11H,12H2,1-4H3,(H,21,25)(H,22,24). The minimum atomic E-state index is -0.556. The van der Waals surface area contributed by atoms with Gasteiger partial charge in [0.1, 0.15) is 5.75 Å². The van der Waals surface area contributed by atoms with E-state index in [0.717, 1.165) is 5.56 Å². The van der Waals surface area contributed by atoms with E-state index in [-0.39, 0.29) is 35.0 Å². The Labute approximate surface area is 163 Å². The van der Waals surface area contributed by atoms with Crippen LogP contribution >= 0.6 is 0 Å². The van der Waals surface area contributed by atoms with Crippen LogP contribution in [0.1, 0.15) is 36.7 Å². The first-order chi connectivity index (χ1) is 13.1. The Morgan fingerprint density at radius 3 is 2.29 bits per heavy atom. The molecule has 2 rings (SSSR count). The molecule has 0 aliphatic heterocycles. The number of rotatable bonds is 6. The van der Waals surface area contributed by atoms with E-state index in [1.807, 2.05) is 12.1 Å². The molecule has 0 atom stereocenters. The van der Waals surface area contributed by atoms with E-state index >= 15 is 0 Å². The Hall–Kier alpha value is -3.42. The molecule has 0 spiro atoms. The number of nitrogens with one attached hydrogen (secondary N) is 2. The third kappa shape index (κ3) is 5.29. The van der Waals surface area contributed by atoms with Crippen LogP contribution in [0.3, 0.4) is 0 Å². The number of non-ortho nitro benzene ring substituents is 1. The summed E-state index contributed by atoms with van der Waals surface area (Å²) in [5, 5.41) is 15.9. The molecule has 8 heteroatoms. The highest BCUT2D eigenvalue weighted by Gasteiger charge is 2.16. The van der Waals surface area contributed by atoms with Gasteiger partial charge in [-0.25, -0.2) is 0 Å². The van der Waals surface area contributed by atoms with Crippen molar-refractivity contribution in [3.8, 4) is 5.75 Å². The molecule has 0 unspecified atom stereocenters.